The van der Waals surface area contributed by atoms with Gasteiger partial charge in [-0.15, -0.1) is 0 Å². The van der Waals surface area contributed by atoms with Crippen LogP contribution in [-0.4, -0.2) is 32.3 Å². The Bertz CT molecular complexity index is 494. The zero-order chi connectivity index (χ0) is 14.8. The SMILES string of the molecule is CC(C)(C)O[C@H]1CC[C@H]2[C@H]3OS(=O)(=O)O[C@H]3CC[C@]12C. The van der Waals surface area contributed by atoms with Crippen LogP contribution in [0.25, 0.3) is 0 Å². The van der Waals surface area contributed by atoms with Crippen molar-refractivity contribution in [3.63, 3.8) is 0 Å². The van der Waals surface area contributed by atoms with Gasteiger partial charge in [0.15, 0.2) is 0 Å². The normalized spacial score (nSPS) is 47.0. The molecule has 0 aromatic heterocycles. The van der Waals surface area contributed by atoms with Crippen LogP contribution in [0.3, 0.4) is 0 Å². The second-order valence-corrected chi connectivity index (χ2v) is 8.75. The van der Waals surface area contributed by atoms with E-state index in [9.17, 15) is 8.42 Å². The molecule has 1 saturated heterocycles. The summed E-state index contributed by atoms with van der Waals surface area (Å²) in [5.41, 5.74) is -0.198. The van der Waals surface area contributed by atoms with Gasteiger partial charge in [-0.05, 0) is 57.8 Å². The average Bonchev–Trinajstić information content (AvgIpc) is 2.74. The first-order chi connectivity index (χ1) is 9.11. The summed E-state index contributed by atoms with van der Waals surface area (Å²) >= 11 is 0. The van der Waals surface area contributed by atoms with Gasteiger partial charge in [0.05, 0.1) is 11.7 Å². The molecule has 0 radical (unpaired) electrons. The van der Waals surface area contributed by atoms with Crippen molar-refractivity contribution >= 4 is 10.4 Å². The zero-order valence-corrected chi connectivity index (χ0v) is 13.4. The van der Waals surface area contributed by atoms with Crippen LogP contribution in [0.15, 0.2) is 0 Å². The minimum Gasteiger partial charge on any atom is -0.372 e. The minimum atomic E-state index is -3.79. The molecule has 5 atom stereocenters. The first kappa shape index (κ1) is 14.8. The van der Waals surface area contributed by atoms with Gasteiger partial charge in [-0.1, -0.05) is 6.92 Å². The molecule has 2 aliphatic carbocycles. The van der Waals surface area contributed by atoms with Crippen molar-refractivity contribution in [2.24, 2.45) is 11.3 Å². The quantitative estimate of drug-likeness (QED) is 0.744. The second kappa shape index (κ2) is 4.41. The molecule has 2 saturated carbocycles. The van der Waals surface area contributed by atoms with Crippen molar-refractivity contribution in [2.45, 2.75) is 77.3 Å². The van der Waals surface area contributed by atoms with E-state index in [0.29, 0.717) is 0 Å². The Kier molecular flexibility index (Phi) is 3.26. The summed E-state index contributed by atoms with van der Waals surface area (Å²) in [5, 5.41) is 0. The standard InChI is InChI=1S/C14H24O5S/c1-13(2,3)17-11-6-5-9-12-10(7-8-14(9,11)4)18-20(15,16)19-12/h9-12H,5-8H2,1-4H3/t9-,10-,11-,12+,14-/m0/s1. The third-order valence-electron chi connectivity index (χ3n) is 5.02. The number of ether oxygens (including phenoxy) is 1. The molecule has 5 nitrogen and oxygen atoms in total. The number of rotatable bonds is 1. The molecule has 1 heterocycles. The zero-order valence-electron chi connectivity index (χ0n) is 12.6. The molecular weight excluding hydrogens is 280 g/mol. The molecule has 0 bridgehead atoms. The van der Waals surface area contributed by atoms with Crippen LogP contribution in [0.2, 0.25) is 0 Å². The van der Waals surface area contributed by atoms with Gasteiger partial charge in [0.25, 0.3) is 0 Å². The molecule has 3 fully saturated rings. The fraction of sp³-hybridized carbons (Fsp3) is 1.00. The molecule has 3 rings (SSSR count). The maximum absolute atomic E-state index is 11.5. The van der Waals surface area contributed by atoms with Crippen LogP contribution in [0.1, 0.15) is 53.4 Å². The Morgan fingerprint density at radius 3 is 2.50 bits per heavy atom. The number of fused-ring (bicyclic) bond motifs is 3. The van der Waals surface area contributed by atoms with Crippen molar-refractivity contribution in [2.75, 3.05) is 0 Å². The predicted octanol–water partition coefficient (Wildman–Crippen LogP) is 2.41. The molecule has 116 valence electrons. The van der Waals surface area contributed by atoms with Gasteiger partial charge in [-0.3, -0.25) is 0 Å². The molecule has 3 aliphatic rings. The van der Waals surface area contributed by atoms with Crippen LogP contribution < -0.4 is 0 Å². The summed E-state index contributed by atoms with van der Waals surface area (Å²) in [4.78, 5) is 0. The van der Waals surface area contributed by atoms with Gasteiger partial charge in [-0.25, -0.2) is 8.37 Å². The van der Waals surface area contributed by atoms with Crippen LogP contribution in [0.5, 0.6) is 0 Å². The van der Waals surface area contributed by atoms with E-state index in [1.165, 1.54) is 0 Å². The minimum absolute atomic E-state index is 0.0162. The Balaban J connectivity index is 1.83. The van der Waals surface area contributed by atoms with Crippen LogP contribution in [-0.2, 0) is 23.5 Å². The van der Waals surface area contributed by atoms with E-state index in [0.717, 1.165) is 25.7 Å². The van der Waals surface area contributed by atoms with E-state index in [4.69, 9.17) is 13.1 Å². The smallest absolute Gasteiger partial charge is 0.372 e. The molecule has 20 heavy (non-hydrogen) atoms. The summed E-state index contributed by atoms with van der Waals surface area (Å²) in [6, 6.07) is 0. The molecule has 0 amide bonds. The van der Waals surface area contributed by atoms with Gasteiger partial charge >= 0.3 is 10.4 Å². The fourth-order valence-electron chi connectivity index (χ4n) is 4.15. The average molecular weight is 304 g/mol. The highest BCUT2D eigenvalue weighted by Gasteiger charge is 2.60. The number of hydrogen-bond donors (Lipinski definition) is 0. The van der Waals surface area contributed by atoms with Gasteiger partial charge in [0.2, 0.25) is 0 Å². The first-order valence-corrected chi connectivity index (χ1v) is 8.73. The second-order valence-electron chi connectivity index (χ2n) is 7.55. The number of hydrogen-bond acceptors (Lipinski definition) is 5. The van der Waals surface area contributed by atoms with Gasteiger partial charge in [0.1, 0.15) is 12.2 Å². The largest absolute Gasteiger partial charge is 0.400 e. The summed E-state index contributed by atoms with van der Waals surface area (Å²) < 4.78 is 39.5. The molecular formula is C14H24O5S. The van der Waals surface area contributed by atoms with E-state index in [1.54, 1.807) is 0 Å². The lowest BCUT2D eigenvalue weighted by molar-refractivity contribution is -0.133. The summed E-state index contributed by atoms with van der Waals surface area (Å²) in [7, 11) is -3.79. The first-order valence-electron chi connectivity index (χ1n) is 7.40. The molecule has 0 aromatic rings. The van der Waals surface area contributed by atoms with Gasteiger partial charge < -0.3 is 4.74 Å². The predicted molar refractivity (Wildman–Crippen MR) is 73.4 cm³/mol. The monoisotopic (exact) mass is 304 g/mol. The molecule has 0 aromatic carbocycles. The Labute approximate surface area is 121 Å². The topological polar surface area (TPSA) is 61.8 Å². The molecule has 1 aliphatic heterocycles. The van der Waals surface area contributed by atoms with E-state index >= 15 is 0 Å². The van der Waals surface area contributed by atoms with Gasteiger partial charge in [0, 0.05) is 0 Å². The fourth-order valence-corrected chi connectivity index (χ4v) is 5.24. The maximum atomic E-state index is 11.5. The highest BCUT2D eigenvalue weighted by Crippen LogP contribution is 2.56. The molecule has 0 spiro atoms. The molecule has 6 heteroatoms. The van der Waals surface area contributed by atoms with Crippen molar-refractivity contribution < 1.29 is 21.5 Å². The van der Waals surface area contributed by atoms with Crippen LogP contribution in [0.4, 0.5) is 0 Å². The summed E-state index contributed by atoms with van der Waals surface area (Å²) in [6.45, 7) is 8.41. The third-order valence-corrected chi connectivity index (χ3v) is 5.96. The van der Waals surface area contributed by atoms with E-state index < -0.39 is 10.4 Å². The van der Waals surface area contributed by atoms with Crippen molar-refractivity contribution in [3.8, 4) is 0 Å². The van der Waals surface area contributed by atoms with E-state index in [-0.39, 0.29) is 35.2 Å². The Hall–Kier alpha value is -0.170. The highest BCUT2D eigenvalue weighted by molar-refractivity contribution is 7.82. The lowest BCUT2D eigenvalue weighted by atomic mass is 9.66. The summed E-state index contributed by atoms with van der Waals surface area (Å²) in [6.07, 6.45) is 3.10. The molecule has 0 unspecified atom stereocenters. The van der Waals surface area contributed by atoms with Gasteiger partial charge in [-0.2, -0.15) is 8.42 Å². The Morgan fingerprint density at radius 2 is 1.85 bits per heavy atom. The van der Waals surface area contributed by atoms with E-state index in [2.05, 4.69) is 27.7 Å². The van der Waals surface area contributed by atoms with Crippen LogP contribution in [0, 0.1) is 11.3 Å². The van der Waals surface area contributed by atoms with E-state index in [1.807, 2.05) is 0 Å². The maximum Gasteiger partial charge on any atom is 0.400 e. The van der Waals surface area contributed by atoms with Crippen molar-refractivity contribution in [3.05, 3.63) is 0 Å². The lowest BCUT2D eigenvalue weighted by Gasteiger charge is -2.45. The van der Waals surface area contributed by atoms with Crippen molar-refractivity contribution in [1.82, 2.24) is 0 Å². The summed E-state index contributed by atoms with van der Waals surface area (Å²) in [5.74, 6) is 0.200. The van der Waals surface area contributed by atoms with Crippen molar-refractivity contribution in [1.29, 1.82) is 0 Å². The third kappa shape index (κ3) is 2.40. The Morgan fingerprint density at radius 1 is 1.15 bits per heavy atom. The lowest BCUT2D eigenvalue weighted by Crippen LogP contribution is -2.49. The highest BCUT2D eigenvalue weighted by atomic mass is 32.3. The molecule has 0 N–H and O–H groups in total. The van der Waals surface area contributed by atoms with Crippen LogP contribution >= 0.6 is 0 Å².